The van der Waals surface area contributed by atoms with Crippen LogP contribution in [-0.4, -0.2) is 33.7 Å². The monoisotopic (exact) mass is 430 g/mol. The van der Waals surface area contributed by atoms with Crippen LogP contribution in [0.15, 0.2) is 42.5 Å². The molecule has 0 aromatic heterocycles. The maximum atomic E-state index is 12.8. The Morgan fingerprint density at radius 2 is 1.78 bits per heavy atom. The molecule has 9 heteroatoms. The van der Waals surface area contributed by atoms with Crippen molar-refractivity contribution in [3.8, 4) is 5.75 Å². The molecule has 27 heavy (non-hydrogen) atoms. The number of hydrogen-bond donors (Lipinski definition) is 1. The highest BCUT2D eigenvalue weighted by Crippen LogP contribution is 2.27. The minimum Gasteiger partial charge on any atom is -0.497 e. The van der Waals surface area contributed by atoms with Crippen molar-refractivity contribution in [3.05, 3.63) is 52.5 Å². The Labute approximate surface area is 169 Å². The van der Waals surface area contributed by atoms with Crippen LogP contribution < -0.4 is 14.4 Å². The summed E-state index contributed by atoms with van der Waals surface area (Å²) in [6, 6.07) is 10.2. The third kappa shape index (κ3) is 5.28. The lowest BCUT2D eigenvalue weighted by atomic mass is 10.1. The van der Waals surface area contributed by atoms with Crippen molar-refractivity contribution in [2.75, 3.05) is 23.0 Å². The predicted molar refractivity (Wildman–Crippen MR) is 109 cm³/mol. The fourth-order valence-electron chi connectivity index (χ4n) is 2.59. The SMILES string of the molecule is CC[C@@H](C(=O)Nc1ccc(Cl)c(Cl)c1)N(c1ccc(OC)cc1)S(C)(=O)=O. The molecule has 0 saturated heterocycles. The van der Waals surface area contributed by atoms with Gasteiger partial charge in [0.05, 0.1) is 29.1 Å². The molecule has 0 fully saturated rings. The Kier molecular flexibility index (Phi) is 6.97. The number of carbonyl (C=O) groups excluding carboxylic acids is 1. The van der Waals surface area contributed by atoms with E-state index in [4.69, 9.17) is 27.9 Å². The van der Waals surface area contributed by atoms with Gasteiger partial charge in [0.2, 0.25) is 15.9 Å². The van der Waals surface area contributed by atoms with Crippen LogP contribution >= 0.6 is 23.2 Å². The van der Waals surface area contributed by atoms with Gasteiger partial charge in [-0.05, 0) is 48.9 Å². The molecule has 0 radical (unpaired) electrons. The van der Waals surface area contributed by atoms with Gasteiger partial charge in [0.1, 0.15) is 11.8 Å². The van der Waals surface area contributed by atoms with Crippen LogP contribution in [0.4, 0.5) is 11.4 Å². The number of nitrogens with zero attached hydrogens (tertiary/aromatic N) is 1. The second kappa shape index (κ2) is 8.82. The lowest BCUT2D eigenvalue weighted by Gasteiger charge is -2.30. The number of halogens is 2. The van der Waals surface area contributed by atoms with E-state index >= 15 is 0 Å². The average Bonchev–Trinajstić information content (AvgIpc) is 2.61. The van der Waals surface area contributed by atoms with Crippen LogP contribution in [0.1, 0.15) is 13.3 Å². The smallest absolute Gasteiger partial charge is 0.248 e. The van der Waals surface area contributed by atoms with Crippen molar-refractivity contribution in [1.29, 1.82) is 0 Å². The van der Waals surface area contributed by atoms with Gasteiger partial charge in [0.25, 0.3) is 0 Å². The lowest BCUT2D eigenvalue weighted by molar-refractivity contribution is -0.117. The molecule has 0 heterocycles. The van der Waals surface area contributed by atoms with Crippen molar-refractivity contribution < 1.29 is 17.9 Å². The largest absolute Gasteiger partial charge is 0.497 e. The summed E-state index contributed by atoms with van der Waals surface area (Å²) in [7, 11) is -2.20. The number of benzene rings is 2. The van der Waals surface area contributed by atoms with E-state index in [1.165, 1.54) is 13.2 Å². The summed E-state index contributed by atoms with van der Waals surface area (Å²) in [6.07, 6.45) is 1.33. The zero-order valence-electron chi connectivity index (χ0n) is 15.1. The van der Waals surface area contributed by atoms with E-state index in [0.29, 0.717) is 22.1 Å². The van der Waals surface area contributed by atoms with Gasteiger partial charge < -0.3 is 10.1 Å². The van der Waals surface area contributed by atoms with E-state index in [0.717, 1.165) is 10.6 Å². The highest BCUT2D eigenvalue weighted by Gasteiger charge is 2.31. The molecule has 0 aliphatic heterocycles. The van der Waals surface area contributed by atoms with E-state index in [2.05, 4.69) is 5.32 Å². The van der Waals surface area contributed by atoms with Crippen molar-refractivity contribution in [2.45, 2.75) is 19.4 Å². The number of hydrogen-bond acceptors (Lipinski definition) is 4. The van der Waals surface area contributed by atoms with Gasteiger partial charge >= 0.3 is 0 Å². The average molecular weight is 431 g/mol. The second-order valence-electron chi connectivity index (χ2n) is 5.80. The van der Waals surface area contributed by atoms with E-state index in [1.54, 1.807) is 43.3 Å². The fourth-order valence-corrected chi connectivity index (χ4v) is 4.10. The number of methoxy groups -OCH3 is 1. The van der Waals surface area contributed by atoms with Gasteiger partial charge in [-0.3, -0.25) is 9.10 Å². The minimum absolute atomic E-state index is 0.270. The Morgan fingerprint density at radius 3 is 2.26 bits per heavy atom. The third-order valence-corrected chi connectivity index (χ3v) is 5.76. The molecule has 1 N–H and O–H groups in total. The number of nitrogens with one attached hydrogen (secondary N) is 1. The maximum absolute atomic E-state index is 12.8. The first-order chi connectivity index (χ1) is 12.7. The zero-order chi connectivity index (χ0) is 20.2. The summed E-state index contributed by atoms with van der Waals surface area (Å²) >= 11 is 11.8. The summed E-state index contributed by atoms with van der Waals surface area (Å²) < 4.78 is 31.0. The van der Waals surface area contributed by atoms with Crippen LogP contribution in [0.25, 0.3) is 0 Å². The van der Waals surface area contributed by atoms with Crippen molar-refractivity contribution in [2.24, 2.45) is 0 Å². The number of amides is 1. The quantitative estimate of drug-likeness (QED) is 0.714. The second-order valence-corrected chi connectivity index (χ2v) is 8.47. The molecule has 0 aliphatic carbocycles. The van der Waals surface area contributed by atoms with E-state index < -0.39 is 22.0 Å². The van der Waals surface area contributed by atoms with Gasteiger partial charge in [0, 0.05) is 5.69 Å². The predicted octanol–water partition coefficient (Wildman–Crippen LogP) is 4.19. The molecule has 1 atom stereocenters. The lowest BCUT2D eigenvalue weighted by Crippen LogP contribution is -2.47. The van der Waals surface area contributed by atoms with Crippen molar-refractivity contribution in [1.82, 2.24) is 0 Å². The number of sulfonamides is 1. The Hall–Kier alpha value is -1.96. The first kappa shape index (κ1) is 21.3. The van der Waals surface area contributed by atoms with Crippen LogP contribution in [0, 0.1) is 0 Å². The van der Waals surface area contributed by atoms with Crippen LogP contribution in [0.5, 0.6) is 5.75 Å². The van der Waals surface area contributed by atoms with E-state index in [1.807, 2.05) is 0 Å². The highest BCUT2D eigenvalue weighted by atomic mass is 35.5. The molecule has 0 spiro atoms. The molecule has 2 aromatic carbocycles. The maximum Gasteiger partial charge on any atom is 0.248 e. The molecule has 2 aromatic rings. The number of ether oxygens (including phenoxy) is 1. The summed E-state index contributed by atoms with van der Waals surface area (Å²) in [5, 5.41) is 3.34. The summed E-state index contributed by atoms with van der Waals surface area (Å²) in [6.45, 7) is 1.74. The normalized spacial score (nSPS) is 12.3. The highest BCUT2D eigenvalue weighted by molar-refractivity contribution is 7.92. The molecule has 0 saturated carbocycles. The van der Waals surface area contributed by atoms with Gasteiger partial charge in [0.15, 0.2) is 0 Å². The van der Waals surface area contributed by atoms with Gasteiger partial charge in [-0.2, -0.15) is 0 Å². The standard InChI is InChI=1S/C18H20Cl2N2O4S/c1-4-17(18(23)21-12-5-10-15(19)16(20)11-12)22(27(3,24)25)13-6-8-14(26-2)9-7-13/h5-11,17H,4H2,1-3H3,(H,21,23)/t17-/m0/s1. The number of rotatable bonds is 7. The molecule has 6 nitrogen and oxygen atoms in total. The summed E-state index contributed by atoms with van der Waals surface area (Å²) in [5.41, 5.74) is 0.797. The molecule has 0 bridgehead atoms. The molecule has 1 amide bonds. The van der Waals surface area contributed by atoms with Gasteiger partial charge in [-0.15, -0.1) is 0 Å². The number of carbonyl (C=O) groups is 1. The molecular weight excluding hydrogens is 411 g/mol. The van der Waals surface area contributed by atoms with Crippen LogP contribution in [0.2, 0.25) is 10.0 Å². The molecule has 0 unspecified atom stereocenters. The summed E-state index contributed by atoms with van der Waals surface area (Å²) in [4.78, 5) is 12.8. The van der Waals surface area contributed by atoms with Crippen LogP contribution in [0.3, 0.4) is 0 Å². The minimum atomic E-state index is -3.72. The molecular formula is C18H20Cl2N2O4S. The first-order valence-corrected chi connectivity index (χ1v) is 10.7. The zero-order valence-corrected chi connectivity index (χ0v) is 17.4. The van der Waals surface area contributed by atoms with Crippen molar-refractivity contribution in [3.63, 3.8) is 0 Å². The van der Waals surface area contributed by atoms with E-state index in [9.17, 15) is 13.2 Å². The van der Waals surface area contributed by atoms with Gasteiger partial charge in [-0.25, -0.2) is 8.42 Å². The third-order valence-electron chi connectivity index (χ3n) is 3.84. The Balaban J connectivity index is 2.35. The van der Waals surface area contributed by atoms with Gasteiger partial charge in [-0.1, -0.05) is 30.1 Å². The Bertz CT molecular complexity index is 917. The topological polar surface area (TPSA) is 75.7 Å². The molecule has 146 valence electrons. The van der Waals surface area contributed by atoms with E-state index in [-0.39, 0.29) is 11.4 Å². The fraction of sp³-hybridized carbons (Fsp3) is 0.278. The van der Waals surface area contributed by atoms with Crippen molar-refractivity contribution >= 4 is 50.5 Å². The molecule has 2 rings (SSSR count). The van der Waals surface area contributed by atoms with Crippen LogP contribution in [-0.2, 0) is 14.8 Å². The first-order valence-electron chi connectivity index (χ1n) is 8.06. The summed E-state index contributed by atoms with van der Waals surface area (Å²) in [5.74, 6) is 0.109. The molecule has 0 aliphatic rings. The Morgan fingerprint density at radius 1 is 1.15 bits per heavy atom. The number of anilines is 2.